The van der Waals surface area contributed by atoms with Gasteiger partial charge in [-0.05, 0) is 56.1 Å². The first kappa shape index (κ1) is 19.4. The molecule has 0 spiro atoms. The molecule has 2 aliphatic heterocycles. The number of benzene rings is 1. The van der Waals surface area contributed by atoms with E-state index in [4.69, 9.17) is 4.99 Å². The number of nitrogens with one attached hydrogen (secondary N) is 1. The lowest BCUT2D eigenvalue weighted by molar-refractivity contribution is -0.138. The number of likely N-dealkylation sites (tertiary alicyclic amines) is 1. The van der Waals surface area contributed by atoms with Gasteiger partial charge >= 0.3 is 12.0 Å². The first-order valence-corrected chi connectivity index (χ1v) is 9.83. The van der Waals surface area contributed by atoms with E-state index in [1.807, 2.05) is 30.9 Å². The van der Waals surface area contributed by atoms with Crippen LogP contribution in [-0.2, 0) is 11.2 Å². The number of carboxylic acids is 1. The summed E-state index contributed by atoms with van der Waals surface area (Å²) in [6.07, 6.45) is 2.54. The highest BCUT2D eigenvalue weighted by molar-refractivity contribution is 6.02. The Morgan fingerprint density at radius 3 is 2.81 bits per heavy atom. The van der Waals surface area contributed by atoms with Gasteiger partial charge in [0.25, 0.3) is 0 Å². The summed E-state index contributed by atoms with van der Waals surface area (Å²) >= 11 is 0. The second-order valence-electron chi connectivity index (χ2n) is 7.90. The molecule has 2 amide bonds. The monoisotopic (exact) mass is 371 g/mol. The molecule has 3 rings (SSSR count). The van der Waals surface area contributed by atoms with Crippen molar-refractivity contribution in [3.05, 3.63) is 35.4 Å². The average molecular weight is 371 g/mol. The summed E-state index contributed by atoms with van der Waals surface area (Å²) in [6.45, 7) is 5.86. The highest BCUT2D eigenvalue weighted by Crippen LogP contribution is 2.32. The molecule has 1 aromatic carbocycles. The summed E-state index contributed by atoms with van der Waals surface area (Å²) in [5.41, 5.74) is 3.55. The van der Waals surface area contributed by atoms with E-state index in [9.17, 15) is 14.7 Å². The summed E-state index contributed by atoms with van der Waals surface area (Å²) in [7, 11) is 0. The molecule has 6 nitrogen and oxygen atoms in total. The number of urea groups is 1. The molecule has 146 valence electrons. The standard InChI is InChI=1S/C21H29N3O3/c1-14(2)23-21(27)24-10-8-16(12-20(25)26)17(13-24)11-19-18-6-4-3-5-15(18)7-9-22-19/h3-6,14,16-17H,7-13H2,1-2H3,(H,23,27)(H,25,26)/t16-,17-/m0/s1. The molecule has 1 saturated heterocycles. The van der Waals surface area contributed by atoms with Crippen molar-refractivity contribution in [2.24, 2.45) is 16.8 Å². The topological polar surface area (TPSA) is 82.0 Å². The number of aliphatic carboxylic acids is 1. The molecule has 2 aliphatic rings. The maximum absolute atomic E-state index is 12.4. The number of aliphatic imine (C=N–C) groups is 1. The number of hydrogen-bond donors (Lipinski definition) is 2. The number of fused-ring (bicyclic) bond motifs is 1. The lowest BCUT2D eigenvalue weighted by Crippen LogP contribution is -2.50. The van der Waals surface area contributed by atoms with Crippen molar-refractivity contribution >= 4 is 17.7 Å². The Morgan fingerprint density at radius 2 is 2.07 bits per heavy atom. The van der Waals surface area contributed by atoms with Crippen molar-refractivity contribution in [3.63, 3.8) is 0 Å². The predicted octanol–water partition coefficient (Wildman–Crippen LogP) is 2.95. The average Bonchev–Trinajstić information content (AvgIpc) is 2.62. The van der Waals surface area contributed by atoms with Gasteiger partial charge in [-0.1, -0.05) is 24.3 Å². The van der Waals surface area contributed by atoms with Crippen LogP contribution < -0.4 is 5.32 Å². The number of carboxylic acid groups (broad SMARTS) is 1. The van der Waals surface area contributed by atoms with Gasteiger partial charge in [0.05, 0.1) is 0 Å². The molecule has 1 aromatic rings. The minimum atomic E-state index is -0.768. The first-order chi connectivity index (χ1) is 12.9. The van der Waals surface area contributed by atoms with Crippen LogP contribution in [0.4, 0.5) is 4.79 Å². The molecule has 27 heavy (non-hydrogen) atoms. The zero-order valence-electron chi connectivity index (χ0n) is 16.1. The zero-order chi connectivity index (χ0) is 19.4. The summed E-state index contributed by atoms with van der Waals surface area (Å²) in [5.74, 6) is -0.587. The normalized spacial score (nSPS) is 22.2. The van der Waals surface area contributed by atoms with E-state index in [1.165, 1.54) is 11.1 Å². The van der Waals surface area contributed by atoms with E-state index in [2.05, 4.69) is 17.4 Å². The van der Waals surface area contributed by atoms with Crippen molar-refractivity contribution in [3.8, 4) is 0 Å². The minimum Gasteiger partial charge on any atom is -0.481 e. The molecule has 2 atom stereocenters. The Morgan fingerprint density at radius 1 is 1.30 bits per heavy atom. The van der Waals surface area contributed by atoms with E-state index in [0.29, 0.717) is 13.1 Å². The Hall–Kier alpha value is -2.37. The molecule has 0 bridgehead atoms. The Kier molecular flexibility index (Phi) is 6.14. The molecule has 2 N–H and O–H groups in total. The second-order valence-corrected chi connectivity index (χ2v) is 7.90. The maximum Gasteiger partial charge on any atom is 0.317 e. The molecular weight excluding hydrogens is 342 g/mol. The summed E-state index contributed by atoms with van der Waals surface area (Å²) in [6, 6.07) is 8.34. The first-order valence-electron chi connectivity index (χ1n) is 9.83. The van der Waals surface area contributed by atoms with E-state index >= 15 is 0 Å². The summed E-state index contributed by atoms with van der Waals surface area (Å²) in [4.78, 5) is 30.4. The van der Waals surface area contributed by atoms with Gasteiger partial charge in [-0.2, -0.15) is 0 Å². The number of amides is 2. The van der Waals surface area contributed by atoms with Gasteiger partial charge in [0, 0.05) is 37.8 Å². The summed E-state index contributed by atoms with van der Waals surface area (Å²) in [5, 5.41) is 12.3. The van der Waals surface area contributed by atoms with Crippen molar-refractivity contribution in [1.29, 1.82) is 0 Å². The van der Waals surface area contributed by atoms with E-state index in [-0.39, 0.29) is 30.3 Å². The molecule has 0 aliphatic carbocycles. The van der Waals surface area contributed by atoms with Crippen LogP contribution in [0.2, 0.25) is 0 Å². The Bertz CT molecular complexity index is 729. The van der Waals surface area contributed by atoms with Crippen LogP contribution in [0, 0.1) is 11.8 Å². The number of hydrogen-bond acceptors (Lipinski definition) is 3. The van der Waals surface area contributed by atoms with E-state index in [0.717, 1.165) is 31.5 Å². The second kappa shape index (κ2) is 8.55. The van der Waals surface area contributed by atoms with Gasteiger partial charge < -0.3 is 15.3 Å². The number of carbonyl (C=O) groups is 2. The molecule has 0 unspecified atom stereocenters. The van der Waals surface area contributed by atoms with Gasteiger partial charge in [-0.15, -0.1) is 0 Å². The van der Waals surface area contributed by atoms with Gasteiger partial charge in [0.1, 0.15) is 0 Å². The predicted molar refractivity (Wildman–Crippen MR) is 105 cm³/mol. The third-order valence-electron chi connectivity index (χ3n) is 5.50. The zero-order valence-corrected chi connectivity index (χ0v) is 16.1. The molecule has 0 aromatic heterocycles. The number of carbonyl (C=O) groups excluding carboxylic acids is 1. The lowest BCUT2D eigenvalue weighted by Gasteiger charge is -2.39. The third-order valence-corrected chi connectivity index (χ3v) is 5.50. The third kappa shape index (κ3) is 4.87. The smallest absolute Gasteiger partial charge is 0.317 e. The fourth-order valence-electron chi connectivity index (χ4n) is 4.17. The molecular formula is C21H29N3O3. The highest BCUT2D eigenvalue weighted by atomic mass is 16.4. The van der Waals surface area contributed by atoms with Crippen LogP contribution >= 0.6 is 0 Å². The van der Waals surface area contributed by atoms with Crippen LogP contribution in [0.3, 0.4) is 0 Å². The van der Waals surface area contributed by atoms with Crippen molar-refractivity contribution in [2.45, 2.75) is 45.6 Å². The van der Waals surface area contributed by atoms with Gasteiger partial charge in [0.15, 0.2) is 0 Å². The number of nitrogens with zero attached hydrogens (tertiary/aromatic N) is 2. The fraction of sp³-hybridized carbons (Fsp3) is 0.571. The SMILES string of the molecule is CC(C)NC(=O)N1CC[C@@H](CC(=O)O)[C@@H](CC2=NCCc3ccccc32)C1. The number of rotatable bonds is 5. The van der Waals surface area contributed by atoms with Crippen LogP contribution in [0.15, 0.2) is 29.3 Å². The van der Waals surface area contributed by atoms with Crippen LogP contribution in [0.5, 0.6) is 0 Å². The molecule has 2 heterocycles. The van der Waals surface area contributed by atoms with E-state index in [1.54, 1.807) is 0 Å². The Labute approximate surface area is 160 Å². The van der Waals surface area contributed by atoms with Crippen LogP contribution in [0.1, 0.15) is 44.2 Å². The molecule has 0 radical (unpaired) electrons. The fourth-order valence-corrected chi connectivity index (χ4v) is 4.17. The van der Waals surface area contributed by atoms with Crippen molar-refractivity contribution < 1.29 is 14.7 Å². The molecule has 0 saturated carbocycles. The summed E-state index contributed by atoms with van der Waals surface area (Å²) < 4.78 is 0. The van der Waals surface area contributed by atoms with E-state index < -0.39 is 5.97 Å². The van der Waals surface area contributed by atoms with Crippen molar-refractivity contribution in [1.82, 2.24) is 10.2 Å². The highest BCUT2D eigenvalue weighted by Gasteiger charge is 2.34. The van der Waals surface area contributed by atoms with Gasteiger partial charge in [-0.25, -0.2) is 4.79 Å². The largest absolute Gasteiger partial charge is 0.481 e. The lowest BCUT2D eigenvalue weighted by atomic mass is 9.78. The molecule has 1 fully saturated rings. The number of piperidine rings is 1. The van der Waals surface area contributed by atoms with Crippen molar-refractivity contribution in [2.75, 3.05) is 19.6 Å². The van der Waals surface area contributed by atoms with Crippen LogP contribution in [-0.4, -0.2) is 53.4 Å². The van der Waals surface area contributed by atoms with Crippen LogP contribution in [0.25, 0.3) is 0 Å². The van der Waals surface area contributed by atoms with Gasteiger partial charge in [0.2, 0.25) is 0 Å². The van der Waals surface area contributed by atoms with Gasteiger partial charge in [-0.3, -0.25) is 9.79 Å². The Balaban J connectivity index is 1.76. The minimum absolute atomic E-state index is 0.0604. The maximum atomic E-state index is 12.4. The molecule has 6 heteroatoms. The quantitative estimate of drug-likeness (QED) is 0.835.